The number of hydrogen-bond donors (Lipinski definition) is 3. The van der Waals surface area contributed by atoms with E-state index >= 15 is 0 Å². The molecule has 1 unspecified atom stereocenters. The van der Waals surface area contributed by atoms with Crippen LogP contribution in [0.4, 0.5) is 5.82 Å². The molecule has 0 radical (unpaired) electrons. The van der Waals surface area contributed by atoms with Crippen molar-refractivity contribution >= 4 is 27.7 Å². The summed E-state index contributed by atoms with van der Waals surface area (Å²) in [6.45, 7) is -0.166. The van der Waals surface area contributed by atoms with Gasteiger partial charge in [-0.05, 0) is 27.6 Å². The van der Waals surface area contributed by atoms with Crippen molar-refractivity contribution in [1.82, 2.24) is 4.98 Å². The fourth-order valence-electron chi connectivity index (χ4n) is 1.80. The van der Waals surface area contributed by atoms with Crippen LogP contribution in [0, 0.1) is 0 Å². The molecule has 0 bridgehead atoms. The fourth-order valence-corrected chi connectivity index (χ4v) is 2.13. The van der Waals surface area contributed by atoms with E-state index in [0.29, 0.717) is 4.47 Å². The highest BCUT2D eigenvalue weighted by Crippen LogP contribution is 2.23. The molecule has 0 saturated heterocycles. The number of carboxylic acid groups (broad SMARTS) is 1. The lowest BCUT2D eigenvalue weighted by Gasteiger charge is -2.18. The van der Waals surface area contributed by atoms with Crippen LogP contribution in [0.1, 0.15) is 22.0 Å². The number of nitrogens with zero attached hydrogens (tertiary/aromatic N) is 1. The summed E-state index contributed by atoms with van der Waals surface area (Å²) in [7, 11) is 0. The average Bonchev–Trinajstić information content (AvgIpc) is 2.46. The monoisotopic (exact) mass is 336 g/mol. The molecule has 0 aliphatic rings. The minimum absolute atomic E-state index is 0.0498. The molecule has 2 rings (SSSR count). The van der Waals surface area contributed by atoms with E-state index in [1.54, 1.807) is 0 Å². The number of carbonyl (C=O) groups is 1. The number of aromatic nitrogens is 1. The van der Waals surface area contributed by atoms with Crippen LogP contribution in [-0.2, 0) is 0 Å². The Morgan fingerprint density at radius 1 is 1.35 bits per heavy atom. The molecule has 0 spiro atoms. The predicted octanol–water partition coefficient (Wildman–Crippen LogP) is 2.69. The van der Waals surface area contributed by atoms with Crippen molar-refractivity contribution in [2.75, 3.05) is 11.9 Å². The summed E-state index contributed by atoms with van der Waals surface area (Å²) < 4.78 is 0.584. The highest BCUT2D eigenvalue weighted by molar-refractivity contribution is 9.10. The van der Waals surface area contributed by atoms with Gasteiger partial charge in [-0.1, -0.05) is 30.3 Å². The Morgan fingerprint density at radius 2 is 2.05 bits per heavy atom. The van der Waals surface area contributed by atoms with Gasteiger partial charge in [0.2, 0.25) is 0 Å². The molecule has 1 heterocycles. The number of aliphatic hydroxyl groups excluding tert-OH is 1. The van der Waals surface area contributed by atoms with E-state index in [1.807, 2.05) is 30.3 Å². The minimum atomic E-state index is -1.08. The second-order valence-corrected chi connectivity index (χ2v) is 5.06. The van der Waals surface area contributed by atoms with Gasteiger partial charge in [-0.15, -0.1) is 0 Å². The van der Waals surface area contributed by atoms with Gasteiger partial charge in [-0.25, -0.2) is 9.78 Å². The number of rotatable bonds is 5. The molecule has 0 aliphatic carbocycles. The summed E-state index contributed by atoms with van der Waals surface area (Å²) in [5.41, 5.74) is 0.907. The summed E-state index contributed by atoms with van der Waals surface area (Å²) in [5.74, 6) is -0.852. The lowest BCUT2D eigenvalue weighted by molar-refractivity contribution is 0.0697. The van der Waals surface area contributed by atoms with Gasteiger partial charge in [0.05, 0.1) is 12.6 Å². The van der Waals surface area contributed by atoms with Crippen LogP contribution < -0.4 is 5.32 Å². The quantitative estimate of drug-likeness (QED) is 0.781. The van der Waals surface area contributed by atoms with Gasteiger partial charge >= 0.3 is 5.97 Å². The van der Waals surface area contributed by atoms with Crippen molar-refractivity contribution in [2.24, 2.45) is 0 Å². The van der Waals surface area contributed by atoms with Crippen molar-refractivity contribution in [3.05, 3.63) is 58.2 Å². The van der Waals surface area contributed by atoms with E-state index in [0.717, 1.165) is 5.56 Å². The summed E-state index contributed by atoms with van der Waals surface area (Å²) in [5, 5.41) is 21.6. The van der Waals surface area contributed by atoms with Crippen LogP contribution in [-0.4, -0.2) is 27.8 Å². The molecule has 0 fully saturated rings. The third-order valence-electron chi connectivity index (χ3n) is 2.78. The zero-order chi connectivity index (χ0) is 14.5. The maximum atomic E-state index is 11.2. The number of nitrogens with one attached hydrogen (secondary N) is 1. The van der Waals surface area contributed by atoms with Gasteiger partial charge in [0.25, 0.3) is 0 Å². The van der Waals surface area contributed by atoms with Gasteiger partial charge < -0.3 is 15.5 Å². The van der Waals surface area contributed by atoms with Crippen LogP contribution >= 0.6 is 15.9 Å². The van der Waals surface area contributed by atoms with Gasteiger partial charge in [-0.2, -0.15) is 0 Å². The molecular weight excluding hydrogens is 324 g/mol. The number of aliphatic hydroxyl groups is 1. The van der Waals surface area contributed by atoms with E-state index < -0.39 is 12.0 Å². The average molecular weight is 337 g/mol. The number of aromatic carboxylic acids is 1. The third kappa shape index (κ3) is 3.34. The number of hydrogen-bond acceptors (Lipinski definition) is 4. The van der Waals surface area contributed by atoms with Crippen LogP contribution in [0.15, 0.2) is 47.1 Å². The molecule has 5 nitrogen and oxygen atoms in total. The first kappa shape index (κ1) is 14.5. The molecule has 2 aromatic rings. The molecule has 3 N–H and O–H groups in total. The Kier molecular flexibility index (Phi) is 4.70. The van der Waals surface area contributed by atoms with Crippen molar-refractivity contribution < 1.29 is 15.0 Å². The highest BCUT2D eigenvalue weighted by atomic mass is 79.9. The first-order chi connectivity index (χ1) is 9.61. The number of benzene rings is 1. The smallest absolute Gasteiger partial charge is 0.339 e. The van der Waals surface area contributed by atoms with Crippen molar-refractivity contribution in [3.63, 3.8) is 0 Å². The lowest BCUT2D eigenvalue weighted by Crippen LogP contribution is -2.18. The van der Waals surface area contributed by atoms with Gasteiger partial charge in [0.15, 0.2) is 0 Å². The van der Waals surface area contributed by atoms with Crippen LogP contribution in [0.5, 0.6) is 0 Å². The number of pyridine rings is 1. The standard InChI is InChI=1S/C14H13BrN2O3/c15-10-6-11(14(19)20)13(16-7-10)17-12(8-18)9-4-2-1-3-5-9/h1-7,12,18H,8H2,(H,16,17)(H,19,20). The molecule has 0 amide bonds. The van der Waals surface area contributed by atoms with Gasteiger partial charge in [0, 0.05) is 10.7 Å². The van der Waals surface area contributed by atoms with E-state index in [-0.39, 0.29) is 18.0 Å². The SMILES string of the molecule is O=C(O)c1cc(Br)cnc1NC(CO)c1ccccc1. The van der Waals surface area contributed by atoms with Crippen molar-refractivity contribution in [2.45, 2.75) is 6.04 Å². The summed E-state index contributed by atoms with van der Waals surface area (Å²) >= 11 is 3.19. The topological polar surface area (TPSA) is 82.5 Å². The second-order valence-electron chi connectivity index (χ2n) is 4.15. The van der Waals surface area contributed by atoms with Gasteiger partial charge in [-0.3, -0.25) is 0 Å². The molecule has 0 saturated carbocycles. The van der Waals surface area contributed by atoms with E-state index in [1.165, 1.54) is 12.3 Å². The largest absolute Gasteiger partial charge is 0.478 e. The lowest BCUT2D eigenvalue weighted by atomic mass is 10.1. The summed E-state index contributed by atoms with van der Waals surface area (Å²) in [6.07, 6.45) is 1.51. The van der Waals surface area contributed by atoms with Crippen LogP contribution in [0.25, 0.3) is 0 Å². The first-order valence-electron chi connectivity index (χ1n) is 5.93. The predicted molar refractivity (Wildman–Crippen MR) is 78.8 cm³/mol. The summed E-state index contributed by atoms with van der Waals surface area (Å²) in [6, 6.07) is 10.3. The maximum absolute atomic E-state index is 11.2. The molecule has 6 heteroatoms. The molecule has 1 aromatic heterocycles. The molecule has 0 aliphatic heterocycles. The van der Waals surface area contributed by atoms with E-state index in [2.05, 4.69) is 26.2 Å². The molecule has 1 atom stereocenters. The van der Waals surface area contributed by atoms with Crippen LogP contribution in [0.3, 0.4) is 0 Å². The van der Waals surface area contributed by atoms with Crippen molar-refractivity contribution in [1.29, 1.82) is 0 Å². The molecule has 20 heavy (non-hydrogen) atoms. The molecule has 104 valence electrons. The van der Waals surface area contributed by atoms with Gasteiger partial charge in [0.1, 0.15) is 11.4 Å². The minimum Gasteiger partial charge on any atom is -0.478 e. The number of carboxylic acids is 1. The Morgan fingerprint density at radius 3 is 2.65 bits per heavy atom. The normalized spacial score (nSPS) is 11.9. The van der Waals surface area contributed by atoms with E-state index in [9.17, 15) is 15.0 Å². The second kappa shape index (κ2) is 6.49. The Hall–Kier alpha value is -1.92. The maximum Gasteiger partial charge on any atom is 0.339 e. The zero-order valence-corrected chi connectivity index (χ0v) is 12.0. The summed E-state index contributed by atoms with van der Waals surface area (Å²) in [4.78, 5) is 15.3. The Balaban J connectivity index is 2.31. The fraction of sp³-hybridized carbons (Fsp3) is 0.143. The van der Waals surface area contributed by atoms with Crippen LogP contribution in [0.2, 0.25) is 0 Å². The number of halogens is 1. The number of anilines is 1. The zero-order valence-electron chi connectivity index (χ0n) is 10.5. The highest BCUT2D eigenvalue weighted by Gasteiger charge is 2.16. The Labute approximate surface area is 124 Å². The van der Waals surface area contributed by atoms with E-state index in [4.69, 9.17) is 0 Å². The molecule has 1 aromatic carbocycles. The molecular formula is C14H13BrN2O3. The Bertz CT molecular complexity index is 605. The van der Waals surface area contributed by atoms with Crippen molar-refractivity contribution in [3.8, 4) is 0 Å². The first-order valence-corrected chi connectivity index (χ1v) is 6.72. The third-order valence-corrected chi connectivity index (χ3v) is 3.21.